The third-order valence-corrected chi connectivity index (χ3v) is 4.19. The first-order valence-electron chi connectivity index (χ1n) is 8.68. The molecule has 0 radical (unpaired) electrons. The third-order valence-electron chi connectivity index (χ3n) is 3.73. The molecule has 0 unspecified atom stereocenters. The van der Waals surface area contributed by atoms with E-state index in [1.165, 1.54) is 70.6 Å². The maximum absolute atomic E-state index is 10.3. The van der Waals surface area contributed by atoms with Gasteiger partial charge in [-0.2, -0.15) is 8.42 Å². The van der Waals surface area contributed by atoms with Gasteiger partial charge >= 0.3 is 61.8 Å². The Bertz CT molecular complexity index is 307. The summed E-state index contributed by atoms with van der Waals surface area (Å²) in [6.45, 7) is 2.35. The van der Waals surface area contributed by atoms with Gasteiger partial charge in [-0.25, -0.2) is 4.18 Å². The van der Waals surface area contributed by atoms with Crippen molar-refractivity contribution in [2.45, 2.75) is 96.8 Å². The van der Waals surface area contributed by atoms with Crippen molar-refractivity contribution in [3.63, 3.8) is 0 Å². The summed E-state index contributed by atoms with van der Waals surface area (Å²) in [4.78, 5) is 0. The zero-order valence-electron chi connectivity index (χ0n) is 13.7. The van der Waals surface area contributed by atoms with Crippen LogP contribution in [0.5, 0.6) is 0 Å². The molecule has 4 nitrogen and oxygen atoms in total. The summed E-state index contributed by atoms with van der Waals surface area (Å²) in [5.41, 5.74) is 0. The number of unbranched alkanes of at least 4 members (excludes halogenated alkanes) is 13. The van der Waals surface area contributed by atoms with E-state index < -0.39 is 10.4 Å². The van der Waals surface area contributed by atoms with Crippen LogP contribution in [0.3, 0.4) is 0 Å². The van der Waals surface area contributed by atoms with Gasteiger partial charge in [-0.05, 0) is 6.42 Å². The summed E-state index contributed by atoms with van der Waals surface area (Å²) in [6, 6.07) is 0. The molecular weight excluding hydrogens is 327 g/mol. The van der Waals surface area contributed by atoms with Crippen LogP contribution in [-0.4, -0.2) is 71.0 Å². The van der Waals surface area contributed by atoms with Gasteiger partial charge in [-0.15, -0.1) is 0 Å². The van der Waals surface area contributed by atoms with Crippen molar-refractivity contribution < 1.29 is 17.2 Å². The molecule has 0 amide bonds. The first-order valence-corrected chi connectivity index (χ1v) is 10.0. The molecule has 0 fully saturated rings. The normalized spacial score (nSPS) is 11.4. The summed E-state index contributed by atoms with van der Waals surface area (Å²) in [5.74, 6) is 0. The third kappa shape index (κ3) is 23.8. The van der Waals surface area contributed by atoms with Gasteiger partial charge in [-0.3, -0.25) is 4.55 Å². The number of rotatable bonds is 16. The van der Waals surface area contributed by atoms with Gasteiger partial charge in [0.1, 0.15) is 0 Å². The molecule has 0 atom stereocenters. The molecule has 0 aliphatic carbocycles. The van der Waals surface area contributed by atoms with E-state index in [-0.39, 0.29) is 58.0 Å². The molecule has 0 aromatic carbocycles. The molecule has 0 saturated carbocycles. The van der Waals surface area contributed by atoms with Crippen LogP contribution in [0.1, 0.15) is 96.8 Å². The molecule has 1 N–H and O–H groups in total. The number of hydrogen-bond donors (Lipinski definition) is 1. The predicted octanol–water partition coefficient (Wildman–Crippen LogP) is 4.64. The Labute approximate surface area is 180 Å². The minimum atomic E-state index is -4.24. The summed E-state index contributed by atoms with van der Waals surface area (Å²) < 4.78 is 33.2. The van der Waals surface area contributed by atoms with Gasteiger partial charge in [0.05, 0.1) is 6.61 Å². The summed E-state index contributed by atoms with van der Waals surface area (Å²) in [7, 11) is -4.24. The van der Waals surface area contributed by atoms with E-state index in [1.807, 2.05) is 0 Å². The molecule has 22 heavy (non-hydrogen) atoms. The van der Waals surface area contributed by atoms with E-state index in [4.69, 9.17) is 4.55 Å². The van der Waals surface area contributed by atoms with E-state index in [0.29, 0.717) is 6.42 Å². The molecule has 0 heterocycles. The SMILES string of the molecule is CCCCCCCCCCCCCCCCOS(=O)(=O)O.[KH]. The van der Waals surface area contributed by atoms with Crippen molar-refractivity contribution in [3.05, 3.63) is 0 Å². The Morgan fingerprint density at radius 3 is 1.32 bits per heavy atom. The summed E-state index contributed by atoms with van der Waals surface area (Å²) >= 11 is 0. The van der Waals surface area contributed by atoms with Gasteiger partial charge < -0.3 is 0 Å². The first kappa shape index (κ1) is 25.7. The fourth-order valence-electron chi connectivity index (χ4n) is 2.46. The molecule has 6 heteroatoms. The van der Waals surface area contributed by atoms with Crippen LogP contribution in [0, 0.1) is 0 Å². The monoisotopic (exact) mass is 362 g/mol. The van der Waals surface area contributed by atoms with Crippen molar-refractivity contribution in [2.75, 3.05) is 6.61 Å². The van der Waals surface area contributed by atoms with Crippen molar-refractivity contribution in [2.24, 2.45) is 0 Å². The first-order chi connectivity index (χ1) is 10.1. The summed E-state index contributed by atoms with van der Waals surface area (Å²) in [6.07, 6.45) is 17.6. The Kier molecular flexibility index (Phi) is 22.0. The molecule has 0 spiro atoms. The number of hydrogen-bond acceptors (Lipinski definition) is 3. The minimum absolute atomic E-state index is 0. The average Bonchev–Trinajstić information content (AvgIpc) is 2.42. The van der Waals surface area contributed by atoms with Crippen LogP contribution < -0.4 is 0 Å². The Hall–Kier alpha value is 1.51. The zero-order chi connectivity index (χ0) is 15.8. The topological polar surface area (TPSA) is 63.6 Å². The van der Waals surface area contributed by atoms with Crippen molar-refractivity contribution in [1.29, 1.82) is 0 Å². The Morgan fingerprint density at radius 1 is 0.682 bits per heavy atom. The second-order valence-corrected chi connectivity index (χ2v) is 6.94. The van der Waals surface area contributed by atoms with Crippen LogP contribution >= 0.6 is 0 Å². The van der Waals surface area contributed by atoms with Crippen LogP contribution in [0.2, 0.25) is 0 Å². The molecular formula is C16H35KO4S. The van der Waals surface area contributed by atoms with E-state index in [1.54, 1.807) is 0 Å². The second-order valence-electron chi connectivity index (χ2n) is 5.85. The Balaban J connectivity index is 0. The molecule has 0 aromatic rings. The van der Waals surface area contributed by atoms with Crippen molar-refractivity contribution in [3.8, 4) is 0 Å². The Morgan fingerprint density at radius 2 is 1.00 bits per heavy atom. The van der Waals surface area contributed by atoms with Crippen LogP contribution in [0.25, 0.3) is 0 Å². The van der Waals surface area contributed by atoms with Gasteiger partial charge in [-0.1, -0.05) is 90.4 Å². The van der Waals surface area contributed by atoms with Gasteiger partial charge in [0.25, 0.3) is 0 Å². The zero-order valence-corrected chi connectivity index (χ0v) is 14.5. The summed E-state index contributed by atoms with van der Waals surface area (Å²) in [5, 5.41) is 0. The van der Waals surface area contributed by atoms with E-state index in [9.17, 15) is 8.42 Å². The molecule has 130 valence electrons. The average molecular weight is 363 g/mol. The van der Waals surface area contributed by atoms with E-state index >= 15 is 0 Å². The fourth-order valence-corrected chi connectivity index (χ4v) is 2.79. The molecule has 0 aliphatic heterocycles. The van der Waals surface area contributed by atoms with Crippen LogP contribution in [0.4, 0.5) is 0 Å². The molecule has 0 saturated heterocycles. The molecule has 0 rings (SSSR count). The molecule has 0 bridgehead atoms. The molecule has 0 aliphatic rings. The quantitative estimate of drug-likeness (QED) is 0.247. The van der Waals surface area contributed by atoms with E-state index in [2.05, 4.69) is 11.1 Å². The van der Waals surface area contributed by atoms with Crippen molar-refractivity contribution >= 4 is 61.8 Å². The second kappa shape index (κ2) is 18.8. The predicted molar refractivity (Wildman–Crippen MR) is 95.0 cm³/mol. The molecule has 0 aromatic heterocycles. The van der Waals surface area contributed by atoms with Crippen molar-refractivity contribution in [1.82, 2.24) is 0 Å². The standard InChI is InChI=1S/C16H34O4S.K.H/c1-2-3-4-5-6-7-8-9-10-11-12-13-14-15-16-20-21(17,18)19;;/h2-16H2,1H3,(H,17,18,19);;. The van der Waals surface area contributed by atoms with Gasteiger partial charge in [0.15, 0.2) is 0 Å². The fraction of sp³-hybridized carbons (Fsp3) is 1.00. The van der Waals surface area contributed by atoms with Crippen LogP contribution in [0.15, 0.2) is 0 Å². The van der Waals surface area contributed by atoms with E-state index in [0.717, 1.165) is 12.8 Å². The van der Waals surface area contributed by atoms with Gasteiger partial charge in [0.2, 0.25) is 0 Å². The van der Waals surface area contributed by atoms with Crippen LogP contribution in [-0.2, 0) is 14.6 Å². The van der Waals surface area contributed by atoms with Gasteiger partial charge in [0, 0.05) is 0 Å². The maximum atomic E-state index is 10.3.